The summed E-state index contributed by atoms with van der Waals surface area (Å²) in [5.41, 5.74) is -0.0226. The van der Waals surface area contributed by atoms with Gasteiger partial charge in [-0.1, -0.05) is 20.8 Å². The van der Waals surface area contributed by atoms with Crippen molar-refractivity contribution in [2.24, 2.45) is 11.3 Å². The van der Waals surface area contributed by atoms with Crippen LogP contribution in [-0.4, -0.2) is 29.5 Å². The van der Waals surface area contributed by atoms with Gasteiger partial charge in [0.05, 0.1) is 0 Å². The van der Waals surface area contributed by atoms with Gasteiger partial charge in [0.2, 0.25) is 5.91 Å². The topological polar surface area (TPSA) is 58.4 Å². The van der Waals surface area contributed by atoms with Gasteiger partial charge in [0.1, 0.15) is 0 Å². The van der Waals surface area contributed by atoms with Crippen LogP contribution in [0.5, 0.6) is 0 Å². The van der Waals surface area contributed by atoms with Crippen LogP contribution in [0.15, 0.2) is 0 Å². The molecule has 0 spiro atoms. The van der Waals surface area contributed by atoms with Gasteiger partial charge in [-0.25, -0.2) is 5.01 Å². The lowest BCUT2D eigenvalue weighted by molar-refractivity contribution is -0.122. The Kier molecular flexibility index (Phi) is 5.42. The Morgan fingerprint density at radius 2 is 1.69 bits per heavy atom. The van der Waals surface area contributed by atoms with E-state index < -0.39 is 0 Å². The van der Waals surface area contributed by atoms with E-state index in [0.717, 1.165) is 0 Å². The largest absolute Gasteiger partial charge is 0.355 e. The van der Waals surface area contributed by atoms with Gasteiger partial charge < -0.3 is 5.32 Å². The van der Waals surface area contributed by atoms with Crippen molar-refractivity contribution in [3.05, 3.63) is 0 Å². The van der Waals surface area contributed by atoms with Crippen molar-refractivity contribution in [2.45, 2.75) is 53.5 Å². The van der Waals surface area contributed by atoms with E-state index in [1.54, 1.807) is 5.01 Å². The van der Waals surface area contributed by atoms with Gasteiger partial charge in [-0.15, -0.1) is 0 Å². The molecule has 0 atom stereocenters. The highest BCUT2D eigenvalue weighted by atomic mass is 16.1. The van der Waals surface area contributed by atoms with Crippen LogP contribution in [0.1, 0.15) is 48.0 Å². The van der Waals surface area contributed by atoms with Gasteiger partial charge in [0.15, 0.2) is 0 Å². The van der Waals surface area contributed by atoms with Crippen LogP contribution in [0.3, 0.4) is 0 Å². The molecule has 0 bridgehead atoms. The molecule has 0 unspecified atom stereocenters. The molecule has 1 amide bonds. The zero-order chi connectivity index (χ0) is 13.0. The minimum Gasteiger partial charge on any atom is -0.355 e. The maximum Gasteiger partial charge on any atom is 0.220 e. The van der Waals surface area contributed by atoms with Gasteiger partial charge in [0, 0.05) is 25.0 Å². The normalized spacial score (nSPS) is 13.0. The molecule has 0 aromatic carbocycles. The third-order valence-electron chi connectivity index (χ3n) is 2.23. The monoisotopic (exact) mass is 229 g/mol. The van der Waals surface area contributed by atoms with Gasteiger partial charge in [-0.3, -0.25) is 10.6 Å². The van der Waals surface area contributed by atoms with Crippen molar-refractivity contribution in [1.29, 1.82) is 0 Å². The number of hydrogen-bond donors (Lipinski definition) is 2. The third-order valence-corrected chi connectivity index (χ3v) is 2.23. The minimum atomic E-state index is -0.0608. The lowest BCUT2D eigenvalue weighted by atomic mass is 9.92. The Balaban J connectivity index is 3.79. The summed E-state index contributed by atoms with van der Waals surface area (Å²) in [6.45, 7) is 13.6. The zero-order valence-electron chi connectivity index (χ0n) is 11.6. The van der Waals surface area contributed by atoms with Crippen molar-refractivity contribution in [3.8, 4) is 0 Å². The lowest BCUT2D eigenvalue weighted by Gasteiger charge is -2.31. The first-order valence-electron chi connectivity index (χ1n) is 5.81. The summed E-state index contributed by atoms with van der Waals surface area (Å²) in [7, 11) is 0. The molecule has 4 nitrogen and oxygen atoms in total. The van der Waals surface area contributed by atoms with Crippen LogP contribution in [-0.2, 0) is 4.79 Å². The first kappa shape index (κ1) is 15.4. The number of hydrazine groups is 1. The number of nitrogens with zero attached hydrogens (tertiary/aromatic N) is 1. The number of carbonyl (C=O) groups excluding carboxylic acids is 1. The average Bonchev–Trinajstić information content (AvgIpc) is 1.98. The SMILES string of the molecule is CC(C)(C)CC(=O)NCCN(N)C(C)(C)C. The molecular formula is C12H27N3O. The number of rotatable bonds is 4. The first-order chi connectivity index (χ1) is 7.02. The van der Waals surface area contributed by atoms with Crippen LogP contribution in [0.2, 0.25) is 0 Å². The molecule has 0 aliphatic carbocycles. The van der Waals surface area contributed by atoms with E-state index in [9.17, 15) is 4.79 Å². The number of amides is 1. The lowest BCUT2D eigenvalue weighted by Crippen LogP contribution is -2.50. The molecule has 0 aromatic rings. The van der Waals surface area contributed by atoms with Crippen LogP contribution in [0.25, 0.3) is 0 Å². The summed E-state index contributed by atoms with van der Waals surface area (Å²) < 4.78 is 0. The summed E-state index contributed by atoms with van der Waals surface area (Å²) in [6.07, 6.45) is 0.549. The predicted octanol–water partition coefficient (Wildman–Crippen LogP) is 1.51. The van der Waals surface area contributed by atoms with E-state index in [0.29, 0.717) is 19.5 Å². The van der Waals surface area contributed by atoms with E-state index in [2.05, 4.69) is 26.1 Å². The average molecular weight is 229 g/mol. The summed E-state index contributed by atoms with van der Waals surface area (Å²) in [5, 5.41) is 4.62. The number of nitrogens with two attached hydrogens (primary N) is 1. The number of hydrogen-bond acceptors (Lipinski definition) is 3. The Hall–Kier alpha value is -0.610. The van der Waals surface area contributed by atoms with E-state index in [1.807, 2.05) is 20.8 Å². The fourth-order valence-corrected chi connectivity index (χ4v) is 1.20. The highest BCUT2D eigenvalue weighted by Gasteiger charge is 2.18. The molecule has 0 heterocycles. The predicted molar refractivity (Wildman–Crippen MR) is 67.7 cm³/mol. The van der Waals surface area contributed by atoms with Crippen LogP contribution in [0.4, 0.5) is 0 Å². The summed E-state index contributed by atoms with van der Waals surface area (Å²) in [5.74, 6) is 5.94. The molecule has 4 heteroatoms. The molecule has 0 saturated heterocycles. The summed E-state index contributed by atoms with van der Waals surface area (Å²) in [4.78, 5) is 11.5. The van der Waals surface area contributed by atoms with Crippen molar-refractivity contribution in [1.82, 2.24) is 10.3 Å². The minimum absolute atomic E-state index is 0.0382. The fourth-order valence-electron chi connectivity index (χ4n) is 1.20. The molecule has 0 aliphatic heterocycles. The molecule has 3 N–H and O–H groups in total. The van der Waals surface area contributed by atoms with E-state index in [1.165, 1.54) is 0 Å². The molecular weight excluding hydrogens is 202 g/mol. The van der Waals surface area contributed by atoms with Gasteiger partial charge in [-0.05, 0) is 26.2 Å². The molecule has 0 fully saturated rings. The number of nitrogens with one attached hydrogen (secondary N) is 1. The zero-order valence-corrected chi connectivity index (χ0v) is 11.6. The Morgan fingerprint density at radius 1 is 1.19 bits per heavy atom. The van der Waals surface area contributed by atoms with Crippen molar-refractivity contribution >= 4 is 5.91 Å². The highest BCUT2D eigenvalue weighted by molar-refractivity contribution is 5.76. The summed E-state index contributed by atoms with van der Waals surface area (Å²) >= 11 is 0. The Morgan fingerprint density at radius 3 is 2.06 bits per heavy atom. The molecule has 0 rings (SSSR count). The molecule has 16 heavy (non-hydrogen) atoms. The second-order valence-corrected chi connectivity index (χ2v) is 6.45. The quantitative estimate of drug-likeness (QED) is 0.567. The number of carbonyl (C=O) groups is 1. The molecule has 0 saturated carbocycles. The standard InChI is InChI=1S/C12H27N3O/c1-11(2,3)9-10(16)14-7-8-15(13)12(4,5)6/h7-9,13H2,1-6H3,(H,14,16). The van der Waals surface area contributed by atoms with E-state index >= 15 is 0 Å². The molecule has 0 aliphatic rings. The van der Waals surface area contributed by atoms with Crippen molar-refractivity contribution in [2.75, 3.05) is 13.1 Å². The van der Waals surface area contributed by atoms with E-state index in [4.69, 9.17) is 5.84 Å². The van der Waals surface area contributed by atoms with Crippen LogP contribution >= 0.6 is 0 Å². The molecule has 0 radical (unpaired) electrons. The maximum atomic E-state index is 11.5. The summed E-state index contributed by atoms with van der Waals surface area (Å²) in [6, 6.07) is 0. The highest BCUT2D eigenvalue weighted by Crippen LogP contribution is 2.17. The molecule has 96 valence electrons. The van der Waals surface area contributed by atoms with Crippen LogP contribution < -0.4 is 11.2 Å². The van der Waals surface area contributed by atoms with Gasteiger partial charge in [0.25, 0.3) is 0 Å². The second kappa shape index (κ2) is 5.64. The van der Waals surface area contributed by atoms with Gasteiger partial charge in [-0.2, -0.15) is 0 Å². The second-order valence-electron chi connectivity index (χ2n) is 6.45. The maximum absolute atomic E-state index is 11.5. The van der Waals surface area contributed by atoms with Gasteiger partial charge >= 0.3 is 0 Å². The van der Waals surface area contributed by atoms with Crippen molar-refractivity contribution in [3.63, 3.8) is 0 Å². The van der Waals surface area contributed by atoms with E-state index in [-0.39, 0.29) is 16.9 Å². The Bertz CT molecular complexity index is 225. The third kappa shape index (κ3) is 7.65. The smallest absolute Gasteiger partial charge is 0.220 e. The molecule has 0 aromatic heterocycles. The van der Waals surface area contributed by atoms with Crippen molar-refractivity contribution < 1.29 is 4.79 Å². The fraction of sp³-hybridized carbons (Fsp3) is 0.917. The van der Waals surface area contributed by atoms with Crippen LogP contribution in [0, 0.1) is 5.41 Å². The Labute approximate surface area is 99.5 Å². The first-order valence-corrected chi connectivity index (χ1v) is 5.81.